The molecule has 0 radical (unpaired) electrons. The summed E-state index contributed by atoms with van der Waals surface area (Å²) in [6, 6.07) is 14.6. The molecule has 0 heterocycles. The standard InChI is InChI=1S/C31H38/c1-3-22(2)23-15-17-25(18-16-23)28-19-27(24-9-5-4-6-10-24)20-29(21-28)31-14-8-12-26-11-7-13-30(26)31/h7-8,12-14,19-21,23-25H,2-6,9-11,15-18H2,1H3. The lowest BCUT2D eigenvalue weighted by Crippen LogP contribution is -2.15. The van der Waals surface area contributed by atoms with Crippen molar-refractivity contribution < 1.29 is 0 Å². The van der Waals surface area contributed by atoms with Crippen molar-refractivity contribution in [1.29, 1.82) is 0 Å². The molecule has 0 heteroatoms. The van der Waals surface area contributed by atoms with Gasteiger partial charge in [-0.25, -0.2) is 0 Å². The van der Waals surface area contributed by atoms with E-state index in [9.17, 15) is 0 Å². The van der Waals surface area contributed by atoms with Crippen molar-refractivity contribution in [1.82, 2.24) is 0 Å². The van der Waals surface area contributed by atoms with Crippen LogP contribution >= 0.6 is 0 Å². The molecule has 0 atom stereocenters. The first-order valence-electron chi connectivity index (χ1n) is 12.8. The third kappa shape index (κ3) is 4.32. The summed E-state index contributed by atoms with van der Waals surface area (Å²) in [7, 11) is 0. The summed E-state index contributed by atoms with van der Waals surface area (Å²) >= 11 is 0. The van der Waals surface area contributed by atoms with Crippen LogP contribution in [0.25, 0.3) is 17.2 Å². The van der Waals surface area contributed by atoms with Crippen molar-refractivity contribution in [3.05, 3.63) is 76.9 Å². The minimum absolute atomic E-state index is 0.718. The van der Waals surface area contributed by atoms with Crippen LogP contribution in [0, 0.1) is 5.92 Å². The quantitative estimate of drug-likeness (QED) is 0.431. The predicted octanol–water partition coefficient (Wildman–Crippen LogP) is 9.21. The van der Waals surface area contributed by atoms with Crippen molar-refractivity contribution in [2.24, 2.45) is 5.92 Å². The molecule has 2 saturated carbocycles. The van der Waals surface area contributed by atoms with Gasteiger partial charge < -0.3 is 0 Å². The summed E-state index contributed by atoms with van der Waals surface area (Å²) in [5.74, 6) is 2.23. The molecule has 0 spiro atoms. The van der Waals surface area contributed by atoms with Crippen LogP contribution in [0.3, 0.4) is 0 Å². The first-order valence-corrected chi connectivity index (χ1v) is 12.8. The van der Waals surface area contributed by atoms with Crippen LogP contribution in [0.15, 0.2) is 54.6 Å². The molecule has 0 amide bonds. The first-order chi connectivity index (χ1) is 15.2. The predicted molar refractivity (Wildman–Crippen MR) is 135 cm³/mol. The van der Waals surface area contributed by atoms with Crippen molar-refractivity contribution in [2.75, 3.05) is 0 Å². The van der Waals surface area contributed by atoms with Gasteiger partial charge in [0, 0.05) is 0 Å². The van der Waals surface area contributed by atoms with E-state index in [2.05, 4.69) is 62.1 Å². The molecule has 0 bridgehead atoms. The van der Waals surface area contributed by atoms with E-state index in [1.54, 1.807) is 11.1 Å². The van der Waals surface area contributed by atoms with Crippen LogP contribution in [0.1, 0.15) is 105 Å². The molecule has 2 aromatic rings. The van der Waals surface area contributed by atoms with E-state index in [1.165, 1.54) is 85.6 Å². The minimum Gasteiger partial charge on any atom is -0.0996 e. The molecule has 3 aliphatic carbocycles. The maximum Gasteiger partial charge on any atom is -0.00879 e. The van der Waals surface area contributed by atoms with E-state index in [0.29, 0.717) is 0 Å². The lowest BCUT2D eigenvalue weighted by Gasteiger charge is -2.31. The van der Waals surface area contributed by atoms with Crippen LogP contribution in [0.2, 0.25) is 0 Å². The van der Waals surface area contributed by atoms with Crippen LogP contribution in [-0.2, 0) is 6.42 Å². The zero-order valence-corrected chi connectivity index (χ0v) is 19.3. The number of allylic oxidation sites excluding steroid dienone is 2. The first kappa shape index (κ1) is 20.8. The second-order valence-corrected chi connectivity index (χ2v) is 10.3. The van der Waals surface area contributed by atoms with Gasteiger partial charge in [0.15, 0.2) is 0 Å². The minimum atomic E-state index is 0.718. The molecule has 0 unspecified atom stereocenters. The third-order valence-electron chi connectivity index (χ3n) is 8.41. The molecule has 0 nitrogen and oxygen atoms in total. The van der Waals surface area contributed by atoms with Gasteiger partial charge in [0.2, 0.25) is 0 Å². The maximum atomic E-state index is 4.35. The van der Waals surface area contributed by atoms with Gasteiger partial charge in [-0.15, -0.1) is 0 Å². The molecule has 0 aliphatic heterocycles. The Morgan fingerprint density at radius 1 is 0.871 bits per heavy atom. The molecule has 3 aliphatic rings. The zero-order valence-electron chi connectivity index (χ0n) is 19.3. The van der Waals surface area contributed by atoms with Crippen LogP contribution < -0.4 is 0 Å². The highest BCUT2D eigenvalue weighted by Crippen LogP contribution is 2.43. The number of fused-ring (bicyclic) bond motifs is 1. The maximum absolute atomic E-state index is 4.35. The number of rotatable bonds is 5. The molecule has 0 aromatic heterocycles. The normalized spacial score (nSPS) is 23.6. The number of benzene rings is 2. The van der Waals surface area contributed by atoms with E-state index >= 15 is 0 Å². The second kappa shape index (κ2) is 9.19. The van der Waals surface area contributed by atoms with Gasteiger partial charge in [-0.05, 0) is 103 Å². The average molecular weight is 411 g/mol. The van der Waals surface area contributed by atoms with Gasteiger partial charge in [-0.2, -0.15) is 0 Å². The largest absolute Gasteiger partial charge is 0.0996 e. The Morgan fingerprint density at radius 2 is 1.58 bits per heavy atom. The van der Waals surface area contributed by atoms with E-state index in [-0.39, 0.29) is 0 Å². The molecule has 162 valence electrons. The topological polar surface area (TPSA) is 0 Å². The van der Waals surface area contributed by atoms with E-state index < -0.39 is 0 Å². The lowest BCUT2D eigenvalue weighted by molar-refractivity contribution is 0.358. The summed E-state index contributed by atoms with van der Waals surface area (Å²) in [6.07, 6.45) is 19.2. The Hall–Kier alpha value is -2.08. The van der Waals surface area contributed by atoms with Crippen molar-refractivity contribution >= 4 is 6.08 Å². The molecule has 5 rings (SSSR count). The fourth-order valence-corrected chi connectivity index (χ4v) is 6.41. The molecular formula is C31H38. The lowest BCUT2D eigenvalue weighted by atomic mass is 9.74. The number of hydrogen-bond donors (Lipinski definition) is 0. The highest BCUT2D eigenvalue weighted by Gasteiger charge is 2.26. The van der Waals surface area contributed by atoms with Gasteiger partial charge >= 0.3 is 0 Å². The van der Waals surface area contributed by atoms with E-state index in [1.807, 2.05) is 0 Å². The Morgan fingerprint density at radius 3 is 2.29 bits per heavy atom. The van der Waals surface area contributed by atoms with Crippen LogP contribution in [0.4, 0.5) is 0 Å². The Kier molecular flexibility index (Phi) is 6.17. The second-order valence-electron chi connectivity index (χ2n) is 10.3. The van der Waals surface area contributed by atoms with E-state index in [4.69, 9.17) is 0 Å². The van der Waals surface area contributed by atoms with Crippen molar-refractivity contribution in [3.8, 4) is 11.1 Å². The third-order valence-corrected chi connectivity index (χ3v) is 8.41. The van der Waals surface area contributed by atoms with Crippen molar-refractivity contribution in [2.45, 2.75) is 89.4 Å². The van der Waals surface area contributed by atoms with Crippen LogP contribution in [0.5, 0.6) is 0 Å². The fraction of sp³-hybridized carbons (Fsp3) is 0.484. The number of hydrogen-bond acceptors (Lipinski definition) is 0. The summed E-state index contributed by atoms with van der Waals surface area (Å²) in [4.78, 5) is 0. The smallest absolute Gasteiger partial charge is 0.00879 e. The summed E-state index contributed by atoms with van der Waals surface area (Å²) in [5.41, 5.74) is 10.5. The summed E-state index contributed by atoms with van der Waals surface area (Å²) in [6.45, 7) is 6.62. The molecule has 0 N–H and O–H groups in total. The van der Waals surface area contributed by atoms with Crippen LogP contribution in [-0.4, -0.2) is 0 Å². The molecule has 2 fully saturated rings. The van der Waals surface area contributed by atoms with Gasteiger partial charge in [0.25, 0.3) is 0 Å². The Balaban J connectivity index is 1.50. The summed E-state index contributed by atoms with van der Waals surface area (Å²) < 4.78 is 0. The molecule has 2 aromatic carbocycles. The Bertz CT molecular complexity index is 962. The Labute approximate surface area is 189 Å². The van der Waals surface area contributed by atoms with Gasteiger partial charge in [0.05, 0.1) is 0 Å². The monoisotopic (exact) mass is 410 g/mol. The highest BCUT2D eigenvalue weighted by molar-refractivity contribution is 5.80. The SMILES string of the molecule is C=C(CC)C1CCC(c2cc(-c3cccc4c3C=CC4)cc(C3CCCCC3)c2)CC1. The van der Waals surface area contributed by atoms with Gasteiger partial charge in [-0.1, -0.05) is 86.9 Å². The molecular weight excluding hydrogens is 372 g/mol. The fourth-order valence-electron chi connectivity index (χ4n) is 6.41. The van der Waals surface area contributed by atoms with E-state index in [0.717, 1.165) is 30.6 Å². The van der Waals surface area contributed by atoms with Crippen molar-refractivity contribution in [3.63, 3.8) is 0 Å². The molecule has 31 heavy (non-hydrogen) atoms. The zero-order chi connectivity index (χ0) is 21.2. The molecule has 0 saturated heterocycles. The van der Waals surface area contributed by atoms with Gasteiger partial charge in [-0.3, -0.25) is 0 Å². The average Bonchev–Trinajstić information content (AvgIpc) is 3.33. The summed E-state index contributed by atoms with van der Waals surface area (Å²) in [5, 5.41) is 0. The highest BCUT2D eigenvalue weighted by atomic mass is 14.3. The van der Waals surface area contributed by atoms with Gasteiger partial charge in [0.1, 0.15) is 0 Å².